The summed E-state index contributed by atoms with van der Waals surface area (Å²) in [7, 11) is 0. The van der Waals surface area contributed by atoms with Crippen LogP contribution in [0.3, 0.4) is 0 Å². The van der Waals surface area contributed by atoms with Gasteiger partial charge in [-0.15, -0.1) is 0 Å². The normalized spacial score (nSPS) is 39.5. The second-order valence-corrected chi connectivity index (χ2v) is 7.81. The number of anilines is 1. The Bertz CT molecular complexity index is 616. The van der Waals surface area contributed by atoms with Crippen LogP contribution in [-0.2, 0) is 4.79 Å². The Kier molecular flexibility index (Phi) is 2.56. The van der Waals surface area contributed by atoms with Gasteiger partial charge in [-0.05, 0) is 68.4 Å². The number of hydrazone groups is 1. The number of amides is 1. The highest BCUT2D eigenvalue weighted by Crippen LogP contribution is 2.61. The molecule has 4 aliphatic carbocycles. The van der Waals surface area contributed by atoms with E-state index in [1.165, 1.54) is 43.5 Å². The fourth-order valence-electron chi connectivity index (χ4n) is 5.85. The Morgan fingerprint density at radius 1 is 1.05 bits per heavy atom. The molecule has 0 atom stereocenters. The van der Waals surface area contributed by atoms with Gasteiger partial charge in [-0.2, -0.15) is 10.1 Å². The molecule has 0 unspecified atom stereocenters. The molecule has 0 N–H and O–H groups in total. The second-order valence-electron chi connectivity index (χ2n) is 7.81. The minimum atomic E-state index is 0.0874. The maximum absolute atomic E-state index is 12.4. The van der Waals surface area contributed by atoms with Gasteiger partial charge in [-0.25, -0.2) is 4.98 Å². The zero-order valence-corrected chi connectivity index (χ0v) is 12.7. The Morgan fingerprint density at radius 2 is 1.73 bits per heavy atom. The highest BCUT2D eigenvalue weighted by molar-refractivity contribution is 6.14. The number of carbonyl (C=O) groups excluding carboxylic acids is 1. The van der Waals surface area contributed by atoms with Gasteiger partial charge in [-0.3, -0.25) is 4.79 Å². The molecule has 1 amide bonds. The van der Waals surface area contributed by atoms with Crippen LogP contribution in [0.4, 0.5) is 5.82 Å². The first-order chi connectivity index (χ1) is 10.7. The summed E-state index contributed by atoms with van der Waals surface area (Å²) in [5.74, 6) is 3.39. The largest absolute Gasteiger partial charge is 0.272 e. The predicted molar refractivity (Wildman–Crippen MR) is 84.4 cm³/mol. The monoisotopic (exact) mass is 295 g/mol. The number of pyridine rings is 1. The van der Waals surface area contributed by atoms with Crippen molar-refractivity contribution >= 4 is 17.4 Å². The van der Waals surface area contributed by atoms with Gasteiger partial charge in [0.05, 0.1) is 12.1 Å². The zero-order chi connectivity index (χ0) is 14.7. The summed E-state index contributed by atoms with van der Waals surface area (Å²) >= 11 is 0. The molecule has 4 heteroatoms. The standard InChI is InChI=1S/C18H21N3O/c22-17-8-15(20-21(17)16-3-1-2-4-19-16)18-9-12-5-13(10-18)7-14(6-12)11-18/h1-4,12-14H,5-11H2. The van der Waals surface area contributed by atoms with Crippen LogP contribution < -0.4 is 5.01 Å². The van der Waals surface area contributed by atoms with E-state index in [-0.39, 0.29) is 11.3 Å². The average Bonchev–Trinajstić information content (AvgIpc) is 2.90. The second kappa shape index (κ2) is 4.40. The summed E-state index contributed by atoms with van der Waals surface area (Å²) in [6, 6.07) is 5.64. The van der Waals surface area contributed by atoms with Crippen LogP contribution in [-0.4, -0.2) is 16.6 Å². The van der Waals surface area contributed by atoms with Crippen LogP contribution in [0.5, 0.6) is 0 Å². The number of carbonyl (C=O) groups is 1. The lowest BCUT2D eigenvalue weighted by atomic mass is 9.48. The number of hydrogen-bond acceptors (Lipinski definition) is 3. The van der Waals surface area contributed by atoms with E-state index in [1.807, 2.05) is 18.2 Å². The molecule has 4 fully saturated rings. The molecule has 0 spiro atoms. The molecule has 6 rings (SSSR count). The molecular weight excluding hydrogens is 274 g/mol. The van der Waals surface area contributed by atoms with E-state index < -0.39 is 0 Å². The first-order valence-corrected chi connectivity index (χ1v) is 8.54. The molecule has 4 saturated carbocycles. The van der Waals surface area contributed by atoms with Gasteiger partial charge < -0.3 is 0 Å². The summed E-state index contributed by atoms with van der Waals surface area (Å²) in [6.07, 6.45) is 10.3. The van der Waals surface area contributed by atoms with E-state index in [4.69, 9.17) is 5.10 Å². The molecule has 4 bridgehead atoms. The summed E-state index contributed by atoms with van der Waals surface area (Å²) in [6.45, 7) is 0. The van der Waals surface area contributed by atoms with Crippen molar-refractivity contribution in [1.82, 2.24) is 4.98 Å². The first kappa shape index (κ1) is 12.8. The van der Waals surface area contributed by atoms with Crippen molar-refractivity contribution in [3.8, 4) is 0 Å². The van der Waals surface area contributed by atoms with Crippen LogP contribution in [0.25, 0.3) is 0 Å². The molecule has 0 radical (unpaired) electrons. The van der Waals surface area contributed by atoms with E-state index in [0.717, 1.165) is 23.5 Å². The SMILES string of the molecule is O=C1CC(C23CC4CC(CC(C4)C2)C3)=NN1c1ccccn1. The number of rotatable bonds is 2. The molecular formula is C18H21N3O. The van der Waals surface area contributed by atoms with Crippen molar-refractivity contribution in [2.24, 2.45) is 28.3 Å². The van der Waals surface area contributed by atoms with Crippen LogP contribution in [0.2, 0.25) is 0 Å². The van der Waals surface area contributed by atoms with Crippen molar-refractivity contribution < 1.29 is 4.79 Å². The smallest absolute Gasteiger partial charge is 0.254 e. The topological polar surface area (TPSA) is 45.6 Å². The molecule has 0 aromatic carbocycles. The van der Waals surface area contributed by atoms with Crippen molar-refractivity contribution in [1.29, 1.82) is 0 Å². The molecule has 5 aliphatic rings. The molecule has 1 aromatic heterocycles. The van der Waals surface area contributed by atoms with E-state index in [9.17, 15) is 4.79 Å². The third kappa shape index (κ3) is 1.79. The van der Waals surface area contributed by atoms with Gasteiger partial charge in [0.25, 0.3) is 5.91 Å². The van der Waals surface area contributed by atoms with E-state index in [0.29, 0.717) is 12.2 Å². The fraction of sp³-hybridized carbons (Fsp3) is 0.611. The summed E-state index contributed by atoms with van der Waals surface area (Å²) in [4.78, 5) is 16.7. The quantitative estimate of drug-likeness (QED) is 0.839. The number of aromatic nitrogens is 1. The van der Waals surface area contributed by atoms with Gasteiger partial charge in [0, 0.05) is 11.6 Å². The Balaban J connectivity index is 1.50. The van der Waals surface area contributed by atoms with Gasteiger partial charge in [0.2, 0.25) is 0 Å². The van der Waals surface area contributed by atoms with Gasteiger partial charge >= 0.3 is 0 Å². The van der Waals surface area contributed by atoms with E-state index in [2.05, 4.69) is 4.98 Å². The van der Waals surface area contributed by atoms with Gasteiger partial charge in [-0.1, -0.05) is 6.07 Å². The molecule has 1 aromatic rings. The van der Waals surface area contributed by atoms with Crippen molar-refractivity contribution in [2.75, 3.05) is 5.01 Å². The van der Waals surface area contributed by atoms with Crippen molar-refractivity contribution in [3.63, 3.8) is 0 Å². The summed E-state index contributed by atoms with van der Waals surface area (Å²) in [5.41, 5.74) is 1.38. The highest BCUT2D eigenvalue weighted by Gasteiger charge is 2.54. The molecule has 1 aliphatic heterocycles. The lowest BCUT2D eigenvalue weighted by Gasteiger charge is -2.56. The average molecular weight is 295 g/mol. The first-order valence-electron chi connectivity index (χ1n) is 8.54. The van der Waals surface area contributed by atoms with Crippen LogP contribution >= 0.6 is 0 Å². The highest BCUT2D eigenvalue weighted by atomic mass is 16.2. The molecule has 2 heterocycles. The lowest BCUT2D eigenvalue weighted by molar-refractivity contribution is -0.117. The van der Waals surface area contributed by atoms with Crippen LogP contribution in [0.15, 0.2) is 29.5 Å². The Labute approximate surface area is 130 Å². The fourth-order valence-corrected chi connectivity index (χ4v) is 5.85. The van der Waals surface area contributed by atoms with Crippen molar-refractivity contribution in [3.05, 3.63) is 24.4 Å². The summed E-state index contributed by atoms with van der Waals surface area (Å²) < 4.78 is 0. The zero-order valence-electron chi connectivity index (χ0n) is 12.7. The molecule has 4 nitrogen and oxygen atoms in total. The van der Waals surface area contributed by atoms with E-state index in [1.54, 1.807) is 6.20 Å². The van der Waals surface area contributed by atoms with E-state index >= 15 is 0 Å². The molecule has 22 heavy (non-hydrogen) atoms. The summed E-state index contributed by atoms with van der Waals surface area (Å²) in [5, 5.41) is 6.30. The number of hydrogen-bond donors (Lipinski definition) is 0. The van der Waals surface area contributed by atoms with Crippen LogP contribution in [0, 0.1) is 23.2 Å². The van der Waals surface area contributed by atoms with Crippen molar-refractivity contribution in [2.45, 2.75) is 44.9 Å². The van der Waals surface area contributed by atoms with Gasteiger partial charge in [0.1, 0.15) is 0 Å². The molecule has 114 valence electrons. The third-order valence-electron chi connectivity index (χ3n) is 6.29. The lowest BCUT2D eigenvalue weighted by Crippen LogP contribution is -2.49. The number of nitrogens with zero attached hydrogens (tertiary/aromatic N) is 3. The van der Waals surface area contributed by atoms with Crippen LogP contribution in [0.1, 0.15) is 44.9 Å². The minimum Gasteiger partial charge on any atom is -0.272 e. The Morgan fingerprint density at radius 3 is 2.32 bits per heavy atom. The maximum Gasteiger partial charge on any atom is 0.254 e. The predicted octanol–water partition coefficient (Wildman–Crippen LogP) is 3.39. The Hall–Kier alpha value is -1.71. The minimum absolute atomic E-state index is 0.0874. The maximum atomic E-state index is 12.4. The van der Waals surface area contributed by atoms with Gasteiger partial charge in [0.15, 0.2) is 5.82 Å². The third-order valence-corrected chi connectivity index (χ3v) is 6.29. The molecule has 0 saturated heterocycles.